The lowest BCUT2D eigenvalue weighted by Crippen LogP contribution is -2.26. The second-order valence-corrected chi connectivity index (χ2v) is 7.83. The number of hydrogen-bond donors (Lipinski definition) is 1. The molecule has 1 N–H and O–H groups in total. The third kappa shape index (κ3) is 3.67. The Balaban J connectivity index is 1.80. The van der Waals surface area contributed by atoms with Crippen LogP contribution >= 0.6 is 11.3 Å². The number of hydrogen-bond acceptors (Lipinski definition) is 6. The number of amides is 1. The number of nitrogens with one attached hydrogen (secondary N) is 1. The first kappa shape index (κ1) is 17.1. The number of carbonyl (C=O) groups excluding carboxylic acids is 1. The summed E-state index contributed by atoms with van der Waals surface area (Å²) in [5, 5.41) is 10.3. The molecule has 0 saturated carbocycles. The van der Waals surface area contributed by atoms with Crippen molar-refractivity contribution >= 4 is 38.1 Å². The Hall–Kier alpha value is -2.78. The van der Waals surface area contributed by atoms with E-state index in [0.29, 0.717) is 16.4 Å². The van der Waals surface area contributed by atoms with Crippen molar-refractivity contribution in [2.75, 3.05) is 16.7 Å². The second-order valence-electron chi connectivity index (χ2n) is 5.03. The summed E-state index contributed by atoms with van der Waals surface area (Å²) < 4.78 is 26.6. The van der Waals surface area contributed by atoms with Crippen molar-refractivity contribution in [3.8, 4) is 0 Å². The number of aromatic nitrogens is 2. The van der Waals surface area contributed by atoms with Crippen LogP contribution in [0.5, 0.6) is 0 Å². The summed E-state index contributed by atoms with van der Waals surface area (Å²) >= 11 is 1.20. The average Bonchev–Trinajstić information content (AvgIpc) is 3.15. The predicted molar refractivity (Wildman–Crippen MR) is 96.3 cm³/mol. The maximum absolute atomic E-state index is 12.7. The number of anilines is 2. The molecule has 0 saturated heterocycles. The van der Waals surface area contributed by atoms with Crippen LogP contribution in [-0.4, -0.2) is 31.6 Å². The standard InChI is InChI=1S/C16H14N4O3S2/c1-20(13-5-3-2-4-6-13)25(22,23)14-9-7-12(8-10-14)15(21)18-16-19-17-11-24-16/h2-11H,1H3,(H,18,19,21). The number of benzene rings is 2. The molecule has 0 unspecified atom stereocenters. The third-order valence-electron chi connectivity index (χ3n) is 3.48. The minimum Gasteiger partial charge on any atom is -0.296 e. The van der Waals surface area contributed by atoms with Gasteiger partial charge in [-0.3, -0.25) is 14.4 Å². The van der Waals surface area contributed by atoms with Crippen LogP contribution in [0.2, 0.25) is 0 Å². The molecular formula is C16H14N4O3S2. The summed E-state index contributed by atoms with van der Waals surface area (Å²) in [7, 11) is -2.22. The van der Waals surface area contributed by atoms with Crippen LogP contribution in [-0.2, 0) is 10.0 Å². The topological polar surface area (TPSA) is 92.3 Å². The molecule has 0 aliphatic heterocycles. The molecule has 0 fully saturated rings. The number of carbonyl (C=O) groups is 1. The molecule has 128 valence electrons. The second kappa shape index (κ2) is 6.99. The van der Waals surface area contributed by atoms with E-state index in [4.69, 9.17) is 0 Å². The highest BCUT2D eigenvalue weighted by molar-refractivity contribution is 7.92. The molecule has 0 atom stereocenters. The van der Waals surface area contributed by atoms with E-state index in [9.17, 15) is 13.2 Å². The summed E-state index contributed by atoms with van der Waals surface area (Å²) in [6.45, 7) is 0. The highest BCUT2D eigenvalue weighted by atomic mass is 32.2. The molecule has 7 nitrogen and oxygen atoms in total. The Morgan fingerprint density at radius 2 is 1.76 bits per heavy atom. The van der Waals surface area contributed by atoms with Crippen LogP contribution in [0.4, 0.5) is 10.8 Å². The van der Waals surface area contributed by atoms with E-state index in [0.717, 1.165) is 0 Å². The molecular weight excluding hydrogens is 360 g/mol. The van der Waals surface area contributed by atoms with E-state index in [1.54, 1.807) is 24.3 Å². The van der Waals surface area contributed by atoms with Crippen molar-refractivity contribution < 1.29 is 13.2 Å². The van der Waals surface area contributed by atoms with E-state index < -0.39 is 10.0 Å². The molecule has 0 spiro atoms. The van der Waals surface area contributed by atoms with Crippen LogP contribution in [0.25, 0.3) is 0 Å². The van der Waals surface area contributed by atoms with Gasteiger partial charge >= 0.3 is 0 Å². The average molecular weight is 374 g/mol. The SMILES string of the molecule is CN(c1ccccc1)S(=O)(=O)c1ccc(C(=O)Nc2nncs2)cc1. The molecule has 9 heteroatoms. The fourth-order valence-corrected chi connectivity index (χ4v) is 3.75. The predicted octanol–water partition coefficient (Wildman–Crippen LogP) is 2.62. The zero-order chi connectivity index (χ0) is 17.9. The van der Waals surface area contributed by atoms with Crippen molar-refractivity contribution in [1.29, 1.82) is 0 Å². The Kier molecular flexibility index (Phi) is 4.77. The highest BCUT2D eigenvalue weighted by Crippen LogP contribution is 2.22. The molecule has 0 aliphatic carbocycles. The minimum absolute atomic E-state index is 0.103. The molecule has 0 aliphatic rings. The molecule has 1 heterocycles. The van der Waals surface area contributed by atoms with Crippen molar-refractivity contribution in [3.05, 3.63) is 65.7 Å². The van der Waals surface area contributed by atoms with Gasteiger partial charge in [0.2, 0.25) is 5.13 Å². The van der Waals surface area contributed by atoms with Gasteiger partial charge in [-0.25, -0.2) is 8.42 Å². The molecule has 25 heavy (non-hydrogen) atoms. The van der Waals surface area contributed by atoms with Gasteiger partial charge in [-0.15, -0.1) is 10.2 Å². The Morgan fingerprint density at radius 1 is 1.08 bits per heavy atom. The van der Waals surface area contributed by atoms with Gasteiger partial charge in [0.15, 0.2) is 0 Å². The maximum atomic E-state index is 12.7. The van der Waals surface area contributed by atoms with Gasteiger partial charge in [-0.05, 0) is 36.4 Å². The third-order valence-corrected chi connectivity index (χ3v) is 5.88. The van der Waals surface area contributed by atoms with Gasteiger partial charge in [-0.2, -0.15) is 0 Å². The van der Waals surface area contributed by atoms with Gasteiger partial charge in [0.05, 0.1) is 10.6 Å². The molecule has 2 aromatic carbocycles. The summed E-state index contributed by atoms with van der Waals surface area (Å²) in [4.78, 5) is 12.2. The Morgan fingerprint density at radius 3 is 2.36 bits per heavy atom. The van der Waals surface area contributed by atoms with Crippen LogP contribution < -0.4 is 9.62 Å². The van der Waals surface area contributed by atoms with Gasteiger partial charge in [0.25, 0.3) is 15.9 Å². The highest BCUT2D eigenvalue weighted by Gasteiger charge is 2.21. The van der Waals surface area contributed by atoms with Crippen molar-refractivity contribution in [2.45, 2.75) is 4.90 Å². The van der Waals surface area contributed by atoms with E-state index >= 15 is 0 Å². The molecule has 1 amide bonds. The van der Waals surface area contributed by atoms with Crippen molar-refractivity contribution in [3.63, 3.8) is 0 Å². The van der Waals surface area contributed by atoms with Gasteiger partial charge in [0, 0.05) is 12.6 Å². The van der Waals surface area contributed by atoms with Crippen LogP contribution in [0.3, 0.4) is 0 Å². The number of sulfonamides is 1. The molecule has 3 rings (SSSR count). The van der Waals surface area contributed by atoms with E-state index in [-0.39, 0.29) is 10.8 Å². The molecule has 1 aromatic heterocycles. The lowest BCUT2D eigenvalue weighted by molar-refractivity contribution is 0.102. The number of rotatable bonds is 5. The van der Waals surface area contributed by atoms with Gasteiger partial charge < -0.3 is 0 Å². The summed E-state index contributed by atoms with van der Waals surface area (Å²) in [5.74, 6) is -0.378. The van der Waals surface area contributed by atoms with E-state index in [2.05, 4.69) is 15.5 Å². The van der Waals surface area contributed by atoms with Crippen LogP contribution in [0.15, 0.2) is 65.0 Å². The molecule has 3 aromatic rings. The number of para-hydroxylation sites is 1. The van der Waals surface area contributed by atoms with Crippen molar-refractivity contribution in [1.82, 2.24) is 10.2 Å². The zero-order valence-corrected chi connectivity index (χ0v) is 14.8. The zero-order valence-electron chi connectivity index (χ0n) is 13.2. The summed E-state index contributed by atoms with van der Waals surface area (Å²) in [6, 6.07) is 14.5. The minimum atomic E-state index is -3.70. The van der Waals surface area contributed by atoms with Gasteiger partial charge in [-0.1, -0.05) is 29.5 Å². The first-order valence-electron chi connectivity index (χ1n) is 7.20. The quantitative estimate of drug-likeness (QED) is 0.741. The first-order chi connectivity index (χ1) is 12.0. The fraction of sp³-hybridized carbons (Fsp3) is 0.0625. The van der Waals surface area contributed by atoms with Crippen LogP contribution in [0.1, 0.15) is 10.4 Å². The molecule has 0 radical (unpaired) electrons. The Bertz CT molecular complexity index is 956. The largest absolute Gasteiger partial charge is 0.296 e. The molecule has 0 bridgehead atoms. The maximum Gasteiger partial charge on any atom is 0.264 e. The summed E-state index contributed by atoms with van der Waals surface area (Å²) in [6.07, 6.45) is 0. The summed E-state index contributed by atoms with van der Waals surface area (Å²) in [5.41, 5.74) is 2.39. The lowest BCUT2D eigenvalue weighted by atomic mass is 10.2. The smallest absolute Gasteiger partial charge is 0.264 e. The Labute approximate surface area is 149 Å². The lowest BCUT2D eigenvalue weighted by Gasteiger charge is -2.19. The van der Waals surface area contributed by atoms with Crippen LogP contribution in [0, 0.1) is 0 Å². The monoisotopic (exact) mass is 374 g/mol. The normalized spacial score (nSPS) is 11.1. The van der Waals surface area contributed by atoms with Crippen molar-refractivity contribution in [2.24, 2.45) is 0 Å². The van der Waals surface area contributed by atoms with E-state index in [1.165, 1.54) is 52.5 Å². The fourth-order valence-electron chi connectivity index (χ4n) is 2.11. The van der Waals surface area contributed by atoms with E-state index in [1.807, 2.05) is 6.07 Å². The number of nitrogens with zero attached hydrogens (tertiary/aromatic N) is 3. The van der Waals surface area contributed by atoms with Gasteiger partial charge in [0.1, 0.15) is 5.51 Å². The first-order valence-corrected chi connectivity index (χ1v) is 9.52.